The number of nitrogens with one attached hydrogen (secondary N) is 1. The highest BCUT2D eigenvalue weighted by Gasteiger charge is 2.03. The number of rotatable bonds is 6. The Morgan fingerprint density at radius 1 is 1.56 bits per heavy atom. The Bertz CT molecular complexity index is 351. The van der Waals surface area contributed by atoms with E-state index < -0.39 is 5.97 Å². The molecule has 0 atom stereocenters. The minimum Gasteiger partial charge on any atom is -0.478 e. The van der Waals surface area contributed by atoms with Crippen molar-refractivity contribution < 1.29 is 9.90 Å². The number of carboxylic acid groups (broad SMARTS) is 1. The van der Waals surface area contributed by atoms with Crippen LogP contribution >= 0.6 is 0 Å². The van der Waals surface area contributed by atoms with Gasteiger partial charge in [-0.2, -0.15) is 0 Å². The third kappa shape index (κ3) is 4.29. The summed E-state index contributed by atoms with van der Waals surface area (Å²) in [5.41, 5.74) is 0.265. The number of hydrogen-bond acceptors (Lipinski definition) is 3. The summed E-state index contributed by atoms with van der Waals surface area (Å²) in [5.74, 6) is 0.399. The maximum absolute atomic E-state index is 10.7. The molecule has 0 aliphatic heterocycles. The van der Waals surface area contributed by atoms with Crippen molar-refractivity contribution in [3.63, 3.8) is 0 Å². The van der Waals surface area contributed by atoms with Gasteiger partial charge in [-0.15, -0.1) is 0 Å². The van der Waals surface area contributed by atoms with Crippen LogP contribution in [0.2, 0.25) is 0 Å². The highest BCUT2D eigenvalue weighted by Crippen LogP contribution is 2.08. The molecule has 0 fully saturated rings. The molecule has 1 aromatic rings. The van der Waals surface area contributed by atoms with Gasteiger partial charge in [0.1, 0.15) is 5.82 Å². The predicted octanol–water partition coefficient (Wildman–Crippen LogP) is 2.63. The number of hydrogen-bond donors (Lipinski definition) is 2. The van der Waals surface area contributed by atoms with Crippen molar-refractivity contribution in [2.24, 2.45) is 5.92 Å². The molecular formula is C12H18N2O2. The number of pyridine rings is 1. The van der Waals surface area contributed by atoms with Crippen molar-refractivity contribution in [2.45, 2.75) is 26.7 Å². The second-order valence-corrected chi connectivity index (χ2v) is 4.20. The standard InChI is InChI=1S/C12H18N2O2/c1-9(2)4-3-6-13-11-8-10(12(15)16)5-7-14-11/h5,7-9H,3-4,6H2,1-2H3,(H,13,14)(H,15,16). The topological polar surface area (TPSA) is 62.2 Å². The normalized spacial score (nSPS) is 10.4. The Kier molecular flexibility index (Phi) is 4.76. The maximum atomic E-state index is 10.7. The van der Waals surface area contributed by atoms with E-state index in [0.717, 1.165) is 19.4 Å². The Morgan fingerprint density at radius 3 is 2.94 bits per heavy atom. The molecule has 0 bridgehead atoms. The van der Waals surface area contributed by atoms with Crippen molar-refractivity contribution in [1.29, 1.82) is 0 Å². The highest BCUT2D eigenvalue weighted by atomic mass is 16.4. The van der Waals surface area contributed by atoms with E-state index >= 15 is 0 Å². The Balaban J connectivity index is 2.42. The predicted molar refractivity (Wildman–Crippen MR) is 63.8 cm³/mol. The molecule has 0 aromatic carbocycles. The van der Waals surface area contributed by atoms with E-state index in [1.54, 1.807) is 6.07 Å². The molecule has 0 spiro atoms. The lowest BCUT2D eigenvalue weighted by Crippen LogP contribution is -2.06. The zero-order chi connectivity index (χ0) is 12.0. The molecule has 0 aliphatic carbocycles. The minimum absolute atomic E-state index is 0.265. The second-order valence-electron chi connectivity index (χ2n) is 4.20. The van der Waals surface area contributed by atoms with Crippen LogP contribution in [0.3, 0.4) is 0 Å². The van der Waals surface area contributed by atoms with Crippen LogP contribution in [0.25, 0.3) is 0 Å². The first-order chi connectivity index (χ1) is 7.59. The van der Waals surface area contributed by atoms with Crippen LogP contribution in [0.5, 0.6) is 0 Å². The number of anilines is 1. The van der Waals surface area contributed by atoms with Crippen LogP contribution in [-0.2, 0) is 0 Å². The van der Waals surface area contributed by atoms with Crippen LogP contribution in [0.15, 0.2) is 18.3 Å². The number of aromatic nitrogens is 1. The van der Waals surface area contributed by atoms with E-state index in [1.807, 2.05) is 0 Å². The molecule has 0 aliphatic rings. The maximum Gasteiger partial charge on any atom is 0.335 e. The number of carboxylic acids is 1. The van der Waals surface area contributed by atoms with E-state index in [-0.39, 0.29) is 5.56 Å². The first-order valence-corrected chi connectivity index (χ1v) is 5.53. The first kappa shape index (κ1) is 12.5. The largest absolute Gasteiger partial charge is 0.478 e. The Labute approximate surface area is 95.7 Å². The fraction of sp³-hybridized carbons (Fsp3) is 0.500. The first-order valence-electron chi connectivity index (χ1n) is 5.53. The number of carbonyl (C=O) groups is 1. The number of aromatic carboxylic acids is 1. The average Bonchev–Trinajstić information content (AvgIpc) is 2.24. The molecule has 4 heteroatoms. The van der Waals surface area contributed by atoms with Gasteiger partial charge in [0.2, 0.25) is 0 Å². The van der Waals surface area contributed by atoms with Crippen molar-refractivity contribution in [3.05, 3.63) is 23.9 Å². The summed E-state index contributed by atoms with van der Waals surface area (Å²) in [6.07, 6.45) is 3.73. The fourth-order valence-electron chi connectivity index (χ4n) is 1.39. The molecule has 4 nitrogen and oxygen atoms in total. The molecule has 16 heavy (non-hydrogen) atoms. The van der Waals surface area contributed by atoms with Gasteiger partial charge >= 0.3 is 5.97 Å². The molecule has 1 heterocycles. The third-order valence-electron chi connectivity index (χ3n) is 2.27. The lowest BCUT2D eigenvalue weighted by Gasteiger charge is -2.07. The molecular weight excluding hydrogens is 204 g/mol. The molecule has 0 amide bonds. The van der Waals surface area contributed by atoms with E-state index in [2.05, 4.69) is 24.1 Å². The van der Waals surface area contributed by atoms with Crippen LogP contribution in [0.1, 0.15) is 37.0 Å². The van der Waals surface area contributed by atoms with Crippen molar-refractivity contribution in [1.82, 2.24) is 4.98 Å². The van der Waals surface area contributed by atoms with Crippen LogP contribution in [0, 0.1) is 5.92 Å². The Morgan fingerprint density at radius 2 is 2.31 bits per heavy atom. The molecule has 0 saturated heterocycles. The summed E-state index contributed by atoms with van der Waals surface area (Å²) in [7, 11) is 0. The lowest BCUT2D eigenvalue weighted by molar-refractivity contribution is 0.0697. The van der Waals surface area contributed by atoms with Crippen molar-refractivity contribution in [2.75, 3.05) is 11.9 Å². The van der Waals surface area contributed by atoms with Crippen LogP contribution in [0.4, 0.5) is 5.82 Å². The Hall–Kier alpha value is -1.58. The molecule has 1 aromatic heterocycles. The summed E-state index contributed by atoms with van der Waals surface area (Å²) >= 11 is 0. The van der Waals surface area contributed by atoms with Gasteiger partial charge in [0.25, 0.3) is 0 Å². The summed E-state index contributed by atoms with van der Waals surface area (Å²) in [5, 5.41) is 11.9. The monoisotopic (exact) mass is 222 g/mol. The van der Waals surface area contributed by atoms with Gasteiger partial charge in [-0.3, -0.25) is 0 Å². The highest BCUT2D eigenvalue weighted by molar-refractivity contribution is 5.88. The summed E-state index contributed by atoms with van der Waals surface area (Å²) in [6, 6.07) is 3.04. The van der Waals surface area contributed by atoms with Gasteiger partial charge in [0.15, 0.2) is 0 Å². The molecule has 0 unspecified atom stereocenters. The summed E-state index contributed by atoms with van der Waals surface area (Å²) < 4.78 is 0. The van der Waals surface area contributed by atoms with Gasteiger partial charge in [0.05, 0.1) is 5.56 Å². The van der Waals surface area contributed by atoms with Crippen LogP contribution < -0.4 is 5.32 Å². The third-order valence-corrected chi connectivity index (χ3v) is 2.27. The quantitative estimate of drug-likeness (QED) is 0.726. The molecule has 2 N–H and O–H groups in total. The van der Waals surface area contributed by atoms with Crippen molar-refractivity contribution in [3.8, 4) is 0 Å². The fourth-order valence-corrected chi connectivity index (χ4v) is 1.39. The minimum atomic E-state index is -0.923. The van der Waals surface area contributed by atoms with Crippen LogP contribution in [-0.4, -0.2) is 22.6 Å². The van der Waals surface area contributed by atoms with Gasteiger partial charge in [-0.05, 0) is 30.9 Å². The SMILES string of the molecule is CC(C)CCCNc1cc(C(=O)O)ccn1. The average molecular weight is 222 g/mol. The molecule has 1 rings (SSSR count). The number of nitrogens with zero attached hydrogens (tertiary/aromatic N) is 1. The zero-order valence-electron chi connectivity index (χ0n) is 9.73. The van der Waals surface area contributed by atoms with Gasteiger partial charge in [-0.1, -0.05) is 13.8 Å². The van der Waals surface area contributed by atoms with Crippen molar-refractivity contribution >= 4 is 11.8 Å². The van der Waals surface area contributed by atoms with Gasteiger partial charge in [-0.25, -0.2) is 9.78 Å². The zero-order valence-corrected chi connectivity index (χ0v) is 9.73. The molecule has 88 valence electrons. The van der Waals surface area contributed by atoms with E-state index in [9.17, 15) is 4.79 Å². The van der Waals surface area contributed by atoms with Gasteiger partial charge < -0.3 is 10.4 Å². The summed E-state index contributed by atoms with van der Waals surface area (Å²) in [6.45, 7) is 5.20. The smallest absolute Gasteiger partial charge is 0.335 e. The summed E-state index contributed by atoms with van der Waals surface area (Å²) in [4.78, 5) is 14.8. The van der Waals surface area contributed by atoms with E-state index in [0.29, 0.717) is 11.7 Å². The van der Waals surface area contributed by atoms with E-state index in [4.69, 9.17) is 5.11 Å². The molecule has 0 radical (unpaired) electrons. The van der Waals surface area contributed by atoms with E-state index in [1.165, 1.54) is 12.3 Å². The lowest BCUT2D eigenvalue weighted by atomic mass is 10.1. The second kappa shape index (κ2) is 6.10. The van der Waals surface area contributed by atoms with Gasteiger partial charge in [0, 0.05) is 12.7 Å². The molecule has 0 saturated carbocycles.